The van der Waals surface area contributed by atoms with Crippen LogP contribution in [0.4, 0.5) is 22.0 Å². The van der Waals surface area contributed by atoms with Crippen molar-refractivity contribution in [2.45, 2.75) is 55.9 Å². The number of piperidine rings is 1. The Bertz CT molecular complexity index is 2880. The largest absolute Gasteiger partial charge is 0.416 e. The number of carbonyl (C=O) groups excluding carboxylic acids is 1. The molecule has 1 amide bonds. The Hall–Kier alpha value is -4.52. The topological polar surface area (TPSA) is 54.8 Å². The summed E-state index contributed by atoms with van der Waals surface area (Å²) in [6.07, 6.45) is -4.86. The lowest BCUT2D eigenvalue weighted by molar-refractivity contribution is -0.137. The van der Waals surface area contributed by atoms with Gasteiger partial charge in [-0.3, -0.25) is 9.59 Å². The first-order chi connectivity index (χ1) is 31.7. The molecule has 1 aliphatic rings. The summed E-state index contributed by atoms with van der Waals surface area (Å²) in [5, 5.41) is -1.02. The number of pyridine rings is 1. The fourth-order valence-corrected chi connectivity index (χ4v) is 6.67. The van der Waals surface area contributed by atoms with E-state index in [2.05, 4.69) is 0 Å². The summed E-state index contributed by atoms with van der Waals surface area (Å²) in [5.41, 5.74) is -6.62. The molecule has 0 bridgehead atoms. The molecule has 6 rings (SSSR count). The molecule has 0 aliphatic carbocycles. The molecule has 0 unspecified atom stereocenters. The zero-order valence-electron chi connectivity index (χ0n) is 43.3. The van der Waals surface area contributed by atoms with E-state index in [9.17, 15) is 22.4 Å². The van der Waals surface area contributed by atoms with Crippen LogP contribution in [0.5, 0.6) is 0 Å². The smallest absolute Gasteiger partial charge is 0.383 e. The van der Waals surface area contributed by atoms with Gasteiger partial charge in [-0.1, -0.05) is 59.9 Å². The number of halogens is 5. The second-order valence-corrected chi connectivity index (χ2v) is 13.0. The number of carbonyl (C=O) groups is 1. The molecule has 0 atom stereocenters. The van der Waals surface area contributed by atoms with Crippen LogP contribution in [0.3, 0.4) is 0 Å². The van der Waals surface area contributed by atoms with Crippen LogP contribution in [-0.2, 0) is 34.6 Å². The second kappa shape index (κ2) is 16.7. The van der Waals surface area contributed by atoms with E-state index in [4.69, 9.17) is 25.3 Å². The van der Waals surface area contributed by atoms with Crippen LogP contribution in [0, 0.1) is 18.6 Å². The molecular formula is C41H40F5N3O3S. The van der Waals surface area contributed by atoms with Crippen LogP contribution in [0.1, 0.15) is 55.7 Å². The summed E-state index contributed by atoms with van der Waals surface area (Å²) < 4.78 is 205. The summed E-state index contributed by atoms with van der Waals surface area (Å²) in [4.78, 5) is 32.1. The number of hydrogen-bond acceptors (Lipinski definition) is 5. The van der Waals surface area contributed by atoms with Gasteiger partial charge >= 0.3 is 6.18 Å². The van der Waals surface area contributed by atoms with Gasteiger partial charge in [-0.05, 0) is 66.7 Å². The van der Waals surface area contributed by atoms with E-state index in [1.165, 1.54) is 18.9 Å². The Morgan fingerprint density at radius 3 is 2.30 bits per heavy atom. The van der Waals surface area contributed by atoms with Crippen LogP contribution in [-0.4, -0.2) is 59.7 Å². The number of likely N-dealkylation sites (tertiary alicyclic amines) is 1. The van der Waals surface area contributed by atoms with Crippen LogP contribution in [0.2, 0.25) is 0 Å². The number of thioether (sulfide) groups is 1. The lowest BCUT2D eigenvalue weighted by Gasteiger charge is -2.39. The number of rotatable bonds is 12. The summed E-state index contributed by atoms with van der Waals surface area (Å²) in [6, 6.07) is -15.7. The molecule has 4 aromatic carbocycles. The summed E-state index contributed by atoms with van der Waals surface area (Å²) in [5.74, 6) is -5.09. The van der Waals surface area contributed by atoms with Gasteiger partial charge in [0.1, 0.15) is 6.54 Å². The number of hydrogen-bond donors (Lipinski definition) is 0. The minimum Gasteiger partial charge on any atom is -0.383 e. The number of nitrogens with zero attached hydrogens (tertiary/aromatic N) is 3. The van der Waals surface area contributed by atoms with E-state index >= 15 is 9.18 Å². The first-order valence-electron chi connectivity index (χ1n) is 23.7. The third-order valence-corrected chi connectivity index (χ3v) is 9.49. The fourth-order valence-electron chi connectivity index (χ4n) is 5.71. The van der Waals surface area contributed by atoms with Gasteiger partial charge in [-0.2, -0.15) is 13.2 Å². The highest BCUT2D eigenvalue weighted by atomic mass is 32.2. The van der Waals surface area contributed by atoms with Crippen molar-refractivity contribution in [1.82, 2.24) is 14.4 Å². The van der Waals surface area contributed by atoms with Crippen molar-refractivity contribution >= 4 is 28.6 Å². The first-order valence-corrected chi connectivity index (χ1v) is 17.2. The maximum Gasteiger partial charge on any atom is 0.416 e. The van der Waals surface area contributed by atoms with E-state index in [0.29, 0.717) is 38.0 Å². The van der Waals surface area contributed by atoms with E-state index in [0.717, 1.165) is 4.57 Å². The Balaban J connectivity index is 1.53. The van der Waals surface area contributed by atoms with Crippen molar-refractivity contribution in [2.24, 2.45) is 0 Å². The average Bonchev–Trinajstić information content (AvgIpc) is 3.29. The first kappa shape index (κ1) is 23.3. The van der Waals surface area contributed by atoms with Crippen LogP contribution in [0.25, 0.3) is 22.0 Å². The molecule has 53 heavy (non-hydrogen) atoms. The van der Waals surface area contributed by atoms with Gasteiger partial charge in [0, 0.05) is 62.1 Å². The fraction of sp³-hybridized carbons (Fsp3) is 0.317. The molecule has 0 N–H and O–H groups in total. The van der Waals surface area contributed by atoms with Crippen LogP contribution >= 0.6 is 11.8 Å². The quantitative estimate of drug-likeness (QED) is 0.0941. The van der Waals surface area contributed by atoms with Gasteiger partial charge in [0.05, 0.1) is 43.3 Å². The van der Waals surface area contributed by atoms with Gasteiger partial charge < -0.3 is 19.1 Å². The Labute approximate surface area is 330 Å². The van der Waals surface area contributed by atoms with Gasteiger partial charge in [-0.25, -0.2) is 8.78 Å². The normalized spacial score (nSPS) is 18.1. The second-order valence-electron chi connectivity index (χ2n) is 12.0. The predicted octanol–water partition coefficient (Wildman–Crippen LogP) is 8.71. The summed E-state index contributed by atoms with van der Waals surface area (Å²) >= 11 is 0.428. The van der Waals surface area contributed by atoms with Crippen molar-refractivity contribution in [3.05, 3.63) is 135 Å². The van der Waals surface area contributed by atoms with Crippen molar-refractivity contribution in [3.63, 3.8) is 0 Å². The molecule has 6 nitrogen and oxygen atoms in total. The molecule has 1 fully saturated rings. The summed E-state index contributed by atoms with van der Waals surface area (Å²) in [7, 11) is 1.51. The Morgan fingerprint density at radius 1 is 0.962 bits per heavy atom. The highest BCUT2D eigenvalue weighted by molar-refractivity contribution is 7.98. The SMILES string of the molecule is [2H]c1c([2H])c(F)c(F)c(CSc2c([2H])c(=O)c3c([2H])c(C)c([2H])c([2H])c3n2CC(=O)N(Cc2c([2H])c([2H])c(-c3c([2H])c([2H])c(C(F)(F)F)c([2H])c3[2H])c([2H])c2[2H])C2CCN(CCOC)CC2)c1[2H]. The number of ether oxygens (including phenoxy) is 1. The van der Waals surface area contributed by atoms with Gasteiger partial charge in [0.15, 0.2) is 17.1 Å². The minimum atomic E-state index is -5.33. The average molecular weight is 765 g/mol. The van der Waals surface area contributed by atoms with Crippen molar-refractivity contribution in [1.29, 1.82) is 0 Å². The van der Waals surface area contributed by atoms with Crippen molar-refractivity contribution in [2.75, 3.05) is 33.4 Å². The Morgan fingerprint density at radius 2 is 1.64 bits per heavy atom. The standard InChI is InChI=1S/C41H40F5N3O3S/c1-27-6-15-36-34(22-27)37(50)23-39(53-26-31-4-3-5-35(42)40(31)43)49(36)25-38(51)48(33-16-18-47(19-17-33)20-21-52-2)24-28-7-9-29(10-8-28)30-11-13-32(14-12-30)41(44,45)46/h3-15,22-23,33H,16-21,24-26H2,1-2H3/i3D,4D,5D,6D,7D,8D,9D,10D,11D,12D,13D,14D,15D,22D,23D. The van der Waals surface area contributed by atoms with Crippen LogP contribution < -0.4 is 5.43 Å². The van der Waals surface area contributed by atoms with Gasteiger partial charge in [0.2, 0.25) is 5.91 Å². The van der Waals surface area contributed by atoms with E-state index in [1.807, 2.05) is 4.90 Å². The van der Waals surface area contributed by atoms with Gasteiger partial charge in [-0.15, -0.1) is 11.8 Å². The van der Waals surface area contributed by atoms with Crippen molar-refractivity contribution in [3.8, 4) is 11.1 Å². The molecule has 0 spiro atoms. The third kappa shape index (κ3) is 9.17. The van der Waals surface area contributed by atoms with E-state index in [1.54, 1.807) is 0 Å². The number of amides is 1. The number of alkyl halides is 3. The highest BCUT2D eigenvalue weighted by Crippen LogP contribution is 2.32. The highest BCUT2D eigenvalue weighted by Gasteiger charge is 2.31. The number of benzene rings is 4. The zero-order valence-corrected chi connectivity index (χ0v) is 29.1. The van der Waals surface area contributed by atoms with E-state index in [-0.39, 0.29) is 18.4 Å². The number of fused-ring (bicyclic) bond motifs is 1. The number of methoxy groups -OCH3 is 1. The zero-order chi connectivity index (χ0) is 50.8. The third-order valence-electron chi connectivity index (χ3n) is 8.46. The monoisotopic (exact) mass is 764 g/mol. The molecule has 2 heterocycles. The predicted molar refractivity (Wildman–Crippen MR) is 198 cm³/mol. The maximum atomic E-state index is 15.2. The molecule has 0 radical (unpaired) electrons. The lowest BCUT2D eigenvalue weighted by atomic mass is 10.00. The minimum absolute atomic E-state index is 0.120. The molecule has 5 aromatic rings. The number of aromatic nitrogens is 1. The molecule has 278 valence electrons. The van der Waals surface area contributed by atoms with Crippen molar-refractivity contribution < 1.29 is 52.0 Å². The lowest BCUT2D eigenvalue weighted by Crippen LogP contribution is -2.48. The molecule has 1 aromatic heterocycles. The molecule has 1 saturated heterocycles. The molecular weight excluding hydrogens is 710 g/mol. The van der Waals surface area contributed by atoms with E-state index < -0.39 is 188 Å². The summed E-state index contributed by atoms with van der Waals surface area (Å²) in [6.45, 7) is 1.24. The molecule has 1 aliphatic heterocycles. The Kier molecular flexibility index (Phi) is 7.32. The molecule has 12 heteroatoms. The molecule has 0 saturated carbocycles. The van der Waals surface area contributed by atoms with Crippen LogP contribution in [0.15, 0.2) is 100 Å². The maximum absolute atomic E-state index is 15.2. The van der Waals surface area contributed by atoms with Gasteiger partial charge in [0.25, 0.3) is 0 Å².